The normalized spacial score (nSPS) is 15.9. The SMILES string of the molecule is O=C(OCc1cc(-c2ccco2)on1)C1(c2cccc(F)c2)CCCC1. The van der Waals surface area contributed by atoms with Crippen molar-refractivity contribution in [2.24, 2.45) is 0 Å². The van der Waals surface area contributed by atoms with Gasteiger partial charge in [0.15, 0.2) is 5.76 Å². The molecule has 0 amide bonds. The predicted octanol–water partition coefficient (Wildman–Crippen LogP) is 4.63. The number of halogens is 1. The highest BCUT2D eigenvalue weighted by atomic mass is 19.1. The van der Waals surface area contributed by atoms with Gasteiger partial charge in [-0.05, 0) is 42.7 Å². The fraction of sp³-hybridized carbons (Fsp3) is 0.300. The molecular weight excluding hydrogens is 337 g/mol. The summed E-state index contributed by atoms with van der Waals surface area (Å²) in [4.78, 5) is 12.9. The monoisotopic (exact) mass is 355 g/mol. The lowest BCUT2D eigenvalue weighted by Gasteiger charge is -2.27. The van der Waals surface area contributed by atoms with Crippen LogP contribution in [0.15, 0.2) is 57.7 Å². The second-order valence-corrected chi connectivity index (χ2v) is 6.54. The van der Waals surface area contributed by atoms with Gasteiger partial charge in [-0.3, -0.25) is 4.79 Å². The fourth-order valence-corrected chi connectivity index (χ4v) is 3.57. The minimum Gasteiger partial charge on any atom is -0.461 e. The van der Waals surface area contributed by atoms with Gasteiger partial charge in [0.25, 0.3) is 0 Å². The van der Waals surface area contributed by atoms with Gasteiger partial charge in [0.05, 0.1) is 11.7 Å². The summed E-state index contributed by atoms with van der Waals surface area (Å²) in [6.45, 7) is 0.000107. The van der Waals surface area contributed by atoms with E-state index in [9.17, 15) is 9.18 Å². The molecule has 0 unspecified atom stereocenters. The lowest BCUT2D eigenvalue weighted by Crippen LogP contribution is -2.34. The summed E-state index contributed by atoms with van der Waals surface area (Å²) in [7, 11) is 0. The molecule has 1 aliphatic carbocycles. The first-order valence-electron chi connectivity index (χ1n) is 8.60. The first-order chi connectivity index (χ1) is 12.7. The maximum atomic E-state index is 13.7. The molecule has 0 saturated heterocycles. The van der Waals surface area contributed by atoms with E-state index in [1.807, 2.05) is 0 Å². The van der Waals surface area contributed by atoms with Gasteiger partial charge in [0.1, 0.15) is 18.1 Å². The molecule has 3 aromatic rings. The minimum atomic E-state index is -0.782. The van der Waals surface area contributed by atoms with E-state index in [4.69, 9.17) is 13.7 Å². The number of ether oxygens (including phenoxy) is 1. The molecule has 0 bridgehead atoms. The topological polar surface area (TPSA) is 65.5 Å². The van der Waals surface area contributed by atoms with Crippen molar-refractivity contribution in [2.45, 2.75) is 37.7 Å². The fourth-order valence-electron chi connectivity index (χ4n) is 3.57. The van der Waals surface area contributed by atoms with E-state index in [-0.39, 0.29) is 18.4 Å². The molecule has 0 spiro atoms. The number of aromatic nitrogens is 1. The Labute approximate surface area is 149 Å². The molecular formula is C20H18FNO4. The van der Waals surface area contributed by atoms with Crippen molar-refractivity contribution in [3.8, 4) is 11.5 Å². The Morgan fingerprint density at radius 2 is 2.00 bits per heavy atom. The lowest BCUT2D eigenvalue weighted by atomic mass is 9.79. The number of nitrogens with zero attached hydrogens (tertiary/aromatic N) is 1. The van der Waals surface area contributed by atoms with E-state index in [2.05, 4.69) is 5.16 Å². The summed E-state index contributed by atoms with van der Waals surface area (Å²) in [5.41, 5.74) is 0.393. The van der Waals surface area contributed by atoms with Crippen molar-refractivity contribution < 1.29 is 22.9 Å². The molecule has 2 aromatic heterocycles. The van der Waals surface area contributed by atoms with Crippen LogP contribution in [0.4, 0.5) is 4.39 Å². The first-order valence-corrected chi connectivity index (χ1v) is 8.60. The molecule has 0 atom stereocenters. The van der Waals surface area contributed by atoms with Crippen LogP contribution in [0, 0.1) is 5.82 Å². The third-order valence-electron chi connectivity index (χ3n) is 4.90. The highest BCUT2D eigenvalue weighted by Crippen LogP contribution is 2.42. The zero-order valence-corrected chi connectivity index (χ0v) is 14.1. The smallest absolute Gasteiger partial charge is 0.316 e. The van der Waals surface area contributed by atoms with E-state index in [0.29, 0.717) is 35.6 Å². The maximum Gasteiger partial charge on any atom is 0.316 e. The number of carbonyl (C=O) groups excluding carboxylic acids is 1. The Bertz CT molecular complexity index is 894. The average Bonchev–Trinajstić information content (AvgIpc) is 3.41. The molecule has 0 N–H and O–H groups in total. The summed E-state index contributed by atoms with van der Waals surface area (Å²) in [5, 5.41) is 3.91. The van der Waals surface area contributed by atoms with Gasteiger partial charge < -0.3 is 13.7 Å². The van der Waals surface area contributed by atoms with Crippen molar-refractivity contribution >= 4 is 5.97 Å². The summed E-state index contributed by atoms with van der Waals surface area (Å²) in [6, 6.07) is 11.4. The van der Waals surface area contributed by atoms with Crippen LogP contribution in [0.25, 0.3) is 11.5 Å². The molecule has 134 valence electrons. The Morgan fingerprint density at radius 1 is 1.15 bits per heavy atom. The van der Waals surface area contributed by atoms with Crippen LogP contribution >= 0.6 is 0 Å². The number of rotatable bonds is 5. The van der Waals surface area contributed by atoms with E-state index >= 15 is 0 Å². The van der Waals surface area contributed by atoms with Crippen LogP contribution in [0.2, 0.25) is 0 Å². The third-order valence-corrected chi connectivity index (χ3v) is 4.90. The Morgan fingerprint density at radius 3 is 2.73 bits per heavy atom. The summed E-state index contributed by atoms with van der Waals surface area (Å²) in [5.74, 6) is 0.341. The molecule has 1 fully saturated rings. The number of hydrogen-bond donors (Lipinski definition) is 0. The van der Waals surface area contributed by atoms with Crippen molar-refractivity contribution in [1.82, 2.24) is 5.16 Å². The third kappa shape index (κ3) is 3.03. The summed E-state index contributed by atoms with van der Waals surface area (Å²) in [6.07, 6.45) is 4.69. The van der Waals surface area contributed by atoms with Crippen LogP contribution in [-0.2, 0) is 21.6 Å². The number of benzene rings is 1. The highest BCUT2D eigenvalue weighted by Gasteiger charge is 2.44. The molecule has 6 heteroatoms. The van der Waals surface area contributed by atoms with Gasteiger partial charge in [-0.2, -0.15) is 0 Å². The second kappa shape index (κ2) is 6.78. The van der Waals surface area contributed by atoms with Gasteiger partial charge >= 0.3 is 5.97 Å². The molecule has 1 aliphatic rings. The van der Waals surface area contributed by atoms with Crippen molar-refractivity contribution in [1.29, 1.82) is 0 Å². The largest absolute Gasteiger partial charge is 0.461 e. The van der Waals surface area contributed by atoms with Gasteiger partial charge in [0, 0.05) is 6.07 Å². The summed E-state index contributed by atoms with van der Waals surface area (Å²) < 4.78 is 29.6. The Balaban J connectivity index is 1.49. The number of hydrogen-bond acceptors (Lipinski definition) is 5. The van der Waals surface area contributed by atoms with Crippen LogP contribution < -0.4 is 0 Å². The van der Waals surface area contributed by atoms with E-state index in [1.54, 1.807) is 36.6 Å². The molecule has 5 nitrogen and oxygen atoms in total. The number of furan rings is 1. The lowest BCUT2D eigenvalue weighted by molar-refractivity contribution is -0.152. The standard InChI is InChI=1S/C20H18FNO4/c21-15-6-3-5-14(11-15)20(8-1-2-9-20)19(23)25-13-16-12-18(26-22-16)17-7-4-10-24-17/h3-7,10-12H,1-2,8-9,13H2. The Hall–Kier alpha value is -2.89. The van der Waals surface area contributed by atoms with Gasteiger partial charge in [-0.15, -0.1) is 0 Å². The zero-order valence-electron chi connectivity index (χ0n) is 14.1. The average molecular weight is 355 g/mol. The van der Waals surface area contributed by atoms with Crippen molar-refractivity contribution in [3.63, 3.8) is 0 Å². The van der Waals surface area contributed by atoms with Gasteiger partial charge in [-0.25, -0.2) is 4.39 Å². The number of carbonyl (C=O) groups is 1. The number of esters is 1. The quantitative estimate of drug-likeness (QED) is 0.624. The van der Waals surface area contributed by atoms with Crippen LogP contribution in [-0.4, -0.2) is 11.1 Å². The van der Waals surface area contributed by atoms with Crippen molar-refractivity contribution in [3.05, 3.63) is 65.8 Å². The molecule has 1 aromatic carbocycles. The van der Waals surface area contributed by atoms with Crippen LogP contribution in [0.3, 0.4) is 0 Å². The maximum absolute atomic E-state index is 13.7. The van der Waals surface area contributed by atoms with E-state index in [1.165, 1.54) is 12.1 Å². The Kier molecular flexibility index (Phi) is 4.32. The van der Waals surface area contributed by atoms with Crippen molar-refractivity contribution in [2.75, 3.05) is 0 Å². The molecule has 0 aliphatic heterocycles. The highest BCUT2D eigenvalue weighted by molar-refractivity contribution is 5.83. The predicted molar refractivity (Wildman–Crippen MR) is 90.5 cm³/mol. The second-order valence-electron chi connectivity index (χ2n) is 6.54. The van der Waals surface area contributed by atoms with Crippen LogP contribution in [0.5, 0.6) is 0 Å². The first kappa shape index (κ1) is 16.6. The molecule has 0 radical (unpaired) electrons. The van der Waals surface area contributed by atoms with E-state index < -0.39 is 5.41 Å². The van der Waals surface area contributed by atoms with Gasteiger partial charge in [-0.1, -0.05) is 30.1 Å². The zero-order chi connectivity index (χ0) is 18.0. The van der Waals surface area contributed by atoms with E-state index in [0.717, 1.165) is 12.8 Å². The molecule has 4 rings (SSSR count). The van der Waals surface area contributed by atoms with Crippen LogP contribution in [0.1, 0.15) is 36.9 Å². The molecule has 1 saturated carbocycles. The van der Waals surface area contributed by atoms with Gasteiger partial charge in [0.2, 0.25) is 5.76 Å². The summed E-state index contributed by atoms with van der Waals surface area (Å²) >= 11 is 0. The molecule has 2 heterocycles. The minimum absolute atomic E-state index is 0.000107. The molecule has 26 heavy (non-hydrogen) atoms.